The number of anilines is 2. The van der Waals surface area contributed by atoms with Crippen LogP contribution in [0.5, 0.6) is 0 Å². The highest BCUT2D eigenvalue weighted by molar-refractivity contribution is 6.00. The van der Waals surface area contributed by atoms with Crippen molar-refractivity contribution in [3.63, 3.8) is 0 Å². The van der Waals surface area contributed by atoms with E-state index in [-0.39, 0.29) is 0 Å². The van der Waals surface area contributed by atoms with Gasteiger partial charge in [0.25, 0.3) is 0 Å². The second-order valence-corrected chi connectivity index (χ2v) is 4.56. The molecule has 0 radical (unpaired) electrons. The van der Waals surface area contributed by atoms with Gasteiger partial charge in [0, 0.05) is 47.7 Å². The third-order valence-electron chi connectivity index (χ3n) is 2.96. The second-order valence-electron chi connectivity index (χ2n) is 4.56. The van der Waals surface area contributed by atoms with Gasteiger partial charge in [0.1, 0.15) is 0 Å². The summed E-state index contributed by atoms with van der Waals surface area (Å²) < 4.78 is 4.90. The van der Waals surface area contributed by atoms with Crippen LogP contribution >= 0.6 is 0 Å². The number of hydrogen-bond acceptors (Lipinski definition) is 5. The quantitative estimate of drug-likeness (QED) is 0.711. The molecule has 1 aromatic carbocycles. The Bertz CT molecular complexity index is 572. The fourth-order valence-corrected chi connectivity index (χ4v) is 2.00. The number of aromatic nitrogens is 1. The summed E-state index contributed by atoms with van der Waals surface area (Å²) in [6.45, 7) is 2.67. The molecule has 5 heteroatoms. The van der Waals surface area contributed by atoms with Crippen LogP contribution in [-0.2, 0) is 4.74 Å². The number of benzene rings is 1. The molecule has 0 amide bonds. The van der Waals surface area contributed by atoms with Crippen LogP contribution in [0, 0.1) is 6.92 Å². The number of ether oxygens (including phenoxy) is 1. The maximum absolute atomic E-state index is 9.67. The number of fused-ring (bicyclic) bond motifs is 1. The number of aliphatic hydroxyl groups excluding tert-OH is 1. The van der Waals surface area contributed by atoms with Crippen molar-refractivity contribution in [1.29, 1.82) is 0 Å². The number of hydrogen-bond donors (Lipinski definition) is 3. The number of aliphatic hydroxyl groups is 1. The molecular formula is C14H19N3O2. The SMILES string of the molecule is COCC(O)CNc1ccc(N)c2cnc(C)cc12. The number of methoxy groups -OCH3 is 1. The highest BCUT2D eigenvalue weighted by atomic mass is 16.5. The Morgan fingerprint density at radius 2 is 2.21 bits per heavy atom. The summed E-state index contributed by atoms with van der Waals surface area (Å²) in [4.78, 5) is 4.26. The maximum Gasteiger partial charge on any atom is 0.0945 e. The van der Waals surface area contributed by atoms with Gasteiger partial charge in [0.15, 0.2) is 0 Å². The number of nitrogen functional groups attached to an aromatic ring is 1. The maximum atomic E-state index is 9.67. The van der Waals surface area contributed by atoms with Gasteiger partial charge in [-0.05, 0) is 25.1 Å². The van der Waals surface area contributed by atoms with Gasteiger partial charge >= 0.3 is 0 Å². The molecule has 0 fully saturated rings. The smallest absolute Gasteiger partial charge is 0.0945 e. The molecule has 0 saturated carbocycles. The van der Waals surface area contributed by atoms with Crippen LogP contribution in [0.1, 0.15) is 5.69 Å². The highest BCUT2D eigenvalue weighted by Crippen LogP contribution is 2.28. The average Bonchev–Trinajstić information content (AvgIpc) is 2.38. The van der Waals surface area contributed by atoms with Crippen LogP contribution in [-0.4, -0.2) is 36.5 Å². The molecule has 1 aromatic heterocycles. The lowest BCUT2D eigenvalue weighted by atomic mass is 10.1. The van der Waals surface area contributed by atoms with Crippen LogP contribution in [0.25, 0.3) is 10.8 Å². The Morgan fingerprint density at radius 3 is 2.95 bits per heavy atom. The molecule has 0 saturated heterocycles. The standard InChI is InChI=1S/C14H19N3O2/c1-9-5-11-12(7-16-9)13(15)3-4-14(11)17-6-10(18)8-19-2/h3-5,7,10,17-18H,6,8,15H2,1-2H3. The number of pyridine rings is 1. The minimum atomic E-state index is -0.541. The molecule has 4 N–H and O–H groups in total. The molecule has 1 atom stereocenters. The molecule has 1 unspecified atom stereocenters. The summed E-state index contributed by atoms with van der Waals surface area (Å²) in [6.07, 6.45) is 1.23. The molecule has 0 aliphatic rings. The van der Waals surface area contributed by atoms with Crippen LogP contribution in [0.3, 0.4) is 0 Å². The molecule has 0 bridgehead atoms. The van der Waals surface area contributed by atoms with Crippen molar-refractivity contribution in [3.8, 4) is 0 Å². The van der Waals surface area contributed by atoms with Crippen LogP contribution in [0.4, 0.5) is 11.4 Å². The number of nitrogens with two attached hydrogens (primary N) is 1. The zero-order valence-electron chi connectivity index (χ0n) is 11.2. The predicted molar refractivity (Wildman–Crippen MR) is 77.3 cm³/mol. The zero-order chi connectivity index (χ0) is 13.8. The van der Waals surface area contributed by atoms with Gasteiger partial charge in [-0.1, -0.05) is 0 Å². The first kappa shape index (κ1) is 13.6. The molecular weight excluding hydrogens is 242 g/mol. The van der Waals surface area contributed by atoms with Crippen molar-refractivity contribution >= 4 is 22.1 Å². The highest BCUT2D eigenvalue weighted by Gasteiger charge is 2.07. The lowest BCUT2D eigenvalue weighted by molar-refractivity contribution is 0.0728. The minimum absolute atomic E-state index is 0.306. The summed E-state index contributed by atoms with van der Waals surface area (Å²) in [5.74, 6) is 0. The number of nitrogens with zero attached hydrogens (tertiary/aromatic N) is 1. The summed E-state index contributed by atoms with van der Waals surface area (Å²) in [6, 6.07) is 5.73. The van der Waals surface area contributed by atoms with Gasteiger partial charge in [-0.3, -0.25) is 4.98 Å². The van der Waals surface area contributed by atoms with Crippen molar-refractivity contribution in [2.45, 2.75) is 13.0 Å². The summed E-state index contributed by atoms with van der Waals surface area (Å²) in [7, 11) is 1.57. The van der Waals surface area contributed by atoms with Gasteiger partial charge in [0.05, 0.1) is 12.7 Å². The third kappa shape index (κ3) is 3.13. The van der Waals surface area contributed by atoms with Gasteiger partial charge in [-0.2, -0.15) is 0 Å². The minimum Gasteiger partial charge on any atom is -0.398 e. The Balaban J connectivity index is 2.28. The monoisotopic (exact) mass is 261 g/mol. The lowest BCUT2D eigenvalue weighted by Crippen LogP contribution is -2.24. The fraction of sp³-hybridized carbons (Fsp3) is 0.357. The average molecular weight is 261 g/mol. The van der Waals surface area contributed by atoms with E-state index in [2.05, 4.69) is 10.3 Å². The Labute approximate surface area is 112 Å². The largest absolute Gasteiger partial charge is 0.398 e. The fourth-order valence-electron chi connectivity index (χ4n) is 2.00. The van der Waals surface area contributed by atoms with E-state index in [1.807, 2.05) is 25.1 Å². The zero-order valence-corrected chi connectivity index (χ0v) is 11.2. The van der Waals surface area contributed by atoms with Crippen molar-refractivity contribution in [2.24, 2.45) is 0 Å². The molecule has 0 spiro atoms. The van der Waals surface area contributed by atoms with E-state index < -0.39 is 6.10 Å². The van der Waals surface area contributed by atoms with E-state index in [0.717, 1.165) is 22.2 Å². The molecule has 2 rings (SSSR count). The van der Waals surface area contributed by atoms with E-state index in [1.54, 1.807) is 13.3 Å². The number of nitrogens with one attached hydrogen (secondary N) is 1. The van der Waals surface area contributed by atoms with E-state index in [9.17, 15) is 5.11 Å². The molecule has 0 aliphatic carbocycles. The first-order valence-corrected chi connectivity index (χ1v) is 6.17. The van der Waals surface area contributed by atoms with Crippen LogP contribution < -0.4 is 11.1 Å². The molecule has 1 heterocycles. The van der Waals surface area contributed by atoms with Crippen molar-refractivity contribution in [3.05, 3.63) is 30.1 Å². The van der Waals surface area contributed by atoms with Crippen molar-refractivity contribution in [1.82, 2.24) is 4.98 Å². The Kier molecular flexibility index (Phi) is 4.19. The van der Waals surface area contributed by atoms with Gasteiger partial charge in [-0.25, -0.2) is 0 Å². The topological polar surface area (TPSA) is 80.4 Å². The van der Waals surface area contributed by atoms with Crippen LogP contribution in [0.2, 0.25) is 0 Å². The van der Waals surface area contributed by atoms with E-state index in [4.69, 9.17) is 10.5 Å². The lowest BCUT2D eigenvalue weighted by Gasteiger charge is -2.14. The van der Waals surface area contributed by atoms with Gasteiger partial charge in [-0.15, -0.1) is 0 Å². The number of rotatable bonds is 5. The van der Waals surface area contributed by atoms with Gasteiger partial charge in [0.2, 0.25) is 0 Å². The van der Waals surface area contributed by atoms with E-state index in [0.29, 0.717) is 18.8 Å². The Hall–Kier alpha value is -1.85. The summed E-state index contributed by atoms with van der Waals surface area (Å²) >= 11 is 0. The Morgan fingerprint density at radius 1 is 1.42 bits per heavy atom. The third-order valence-corrected chi connectivity index (χ3v) is 2.96. The second kappa shape index (κ2) is 5.86. The van der Waals surface area contributed by atoms with Gasteiger partial charge < -0.3 is 20.9 Å². The molecule has 2 aromatic rings. The van der Waals surface area contributed by atoms with Crippen molar-refractivity contribution in [2.75, 3.05) is 31.3 Å². The molecule has 102 valence electrons. The molecule has 19 heavy (non-hydrogen) atoms. The van der Waals surface area contributed by atoms with Crippen LogP contribution in [0.15, 0.2) is 24.4 Å². The van der Waals surface area contributed by atoms with Crippen molar-refractivity contribution < 1.29 is 9.84 Å². The molecule has 0 aliphatic heterocycles. The summed E-state index contributed by atoms with van der Waals surface area (Å²) in [5, 5.41) is 14.8. The van der Waals surface area contributed by atoms with E-state index >= 15 is 0 Å². The molecule has 5 nitrogen and oxygen atoms in total. The summed E-state index contributed by atoms with van der Waals surface area (Å²) in [5.41, 5.74) is 8.51. The first-order chi connectivity index (χ1) is 9.11. The first-order valence-electron chi connectivity index (χ1n) is 6.17. The number of aryl methyl sites for hydroxylation is 1. The van der Waals surface area contributed by atoms with E-state index in [1.165, 1.54) is 0 Å². The normalized spacial score (nSPS) is 12.6. The predicted octanol–water partition coefficient (Wildman–Crippen LogP) is 1.54.